The van der Waals surface area contributed by atoms with Crippen molar-refractivity contribution in [1.29, 1.82) is 0 Å². The van der Waals surface area contributed by atoms with Gasteiger partial charge in [0.05, 0.1) is 24.6 Å². The molecular formula is C25H33ClN8O3. The number of nitrogens with one attached hydrogen (secondary N) is 2. The largest absolute Gasteiger partial charge is 0.444 e. The van der Waals surface area contributed by atoms with Gasteiger partial charge in [-0.25, -0.2) is 9.78 Å². The SMILES string of the molecule is CC(C)(C)OC(=O)N1CCN(C(O)Cn2cc(Nc3ncc(Cl)c(NCc4ccccc4)n3)cn2)CC1. The molecule has 1 saturated heterocycles. The van der Waals surface area contributed by atoms with E-state index in [9.17, 15) is 9.90 Å². The average Bonchev–Trinajstić information content (AvgIpc) is 3.30. The van der Waals surface area contributed by atoms with Crippen LogP contribution >= 0.6 is 11.6 Å². The minimum Gasteiger partial charge on any atom is -0.444 e. The molecule has 1 amide bonds. The number of piperazine rings is 1. The number of hydrogen-bond acceptors (Lipinski definition) is 9. The van der Waals surface area contributed by atoms with Crippen LogP contribution in [0.2, 0.25) is 5.02 Å². The van der Waals surface area contributed by atoms with Gasteiger partial charge in [0, 0.05) is 38.9 Å². The summed E-state index contributed by atoms with van der Waals surface area (Å²) < 4.78 is 7.08. The second kappa shape index (κ2) is 11.8. The van der Waals surface area contributed by atoms with Crippen molar-refractivity contribution in [3.05, 3.63) is 59.5 Å². The van der Waals surface area contributed by atoms with Crippen LogP contribution in [0.5, 0.6) is 0 Å². The van der Waals surface area contributed by atoms with Crippen molar-refractivity contribution >= 4 is 35.1 Å². The van der Waals surface area contributed by atoms with Gasteiger partial charge in [-0.05, 0) is 26.3 Å². The molecule has 1 aromatic carbocycles. The van der Waals surface area contributed by atoms with Gasteiger partial charge in [-0.15, -0.1) is 0 Å². The van der Waals surface area contributed by atoms with Crippen molar-refractivity contribution < 1.29 is 14.6 Å². The van der Waals surface area contributed by atoms with Gasteiger partial charge in [-0.3, -0.25) is 9.58 Å². The van der Waals surface area contributed by atoms with Crippen molar-refractivity contribution in [3.8, 4) is 0 Å². The average molecular weight is 529 g/mol. The maximum atomic E-state index is 12.3. The van der Waals surface area contributed by atoms with Crippen molar-refractivity contribution in [2.75, 3.05) is 36.8 Å². The smallest absolute Gasteiger partial charge is 0.410 e. The Morgan fingerprint density at radius 3 is 2.59 bits per heavy atom. The van der Waals surface area contributed by atoms with Gasteiger partial charge in [0.1, 0.15) is 16.9 Å². The van der Waals surface area contributed by atoms with Crippen LogP contribution in [0.25, 0.3) is 0 Å². The van der Waals surface area contributed by atoms with Crippen LogP contribution in [0.15, 0.2) is 48.9 Å². The number of nitrogens with zero attached hydrogens (tertiary/aromatic N) is 6. The Balaban J connectivity index is 1.28. The van der Waals surface area contributed by atoms with Gasteiger partial charge < -0.3 is 25.4 Å². The predicted octanol–water partition coefficient (Wildman–Crippen LogP) is 3.55. The molecule has 3 aromatic rings. The molecule has 0 bridgehead atoms. The summed E-state index contributed by atoms with van der Waals surface area (Å²) in [5, 5.41) is 21.8. The fourth-order valence-corrected chi connectivity index (χ4v) is 3.96. The summed E-state index contributed by atoms with van der Waals surface area (Å²) in [6, 6.07) is 9.96. The van der Waals surface area contributed by atoms with E-state index in [1.807, 2.05) is 56.0 Å². The zero-order chi connectivity index (χ0) is 26.4. The number of carbonyl (C=O) groups is 1. The second-order valence-electron chi connectivity index (χ2n) is 9.79. The molecule has 0 spiro atoms. The first-order valence-corrected chi connectivity index (χ1v) is 12.5. The maximum absolute atomic E-state index is 12.3. The summed E-state index contributed by atoms with van der Waals surface area (Å²) in [4.78, 5) is 24.6. The fourth-order valence-electron chi connectivity index (χ4n) is 3.80. The number of aliphatic hydroxyl groups is 1. The molecule has 3 heterocycles. The van der Waals surface area contributed by atoms with Gasteiger partial charge in [0.15, 0.2) is 5.82 Å². The third-order valence-corrected chi connectivity index (χ3v) is 5.95. The molecule has 37 heavy (non-hydrogen) atoms. The summed E-state index contributed by atoms with van der Waals surface area (Å²) in [6.07, 6.45) is 3.88. The van der Waals surface area contributed by atoms with E-state index in [0.29, 0.717) is 55.2 Å². The number of halogens is 1. The standard InChI is InChI=1S/C25H33ClN8O3/c1-25(2,3)37-24(36)33-11-9-32(10-12-33)21(35)17-34-16-19(14-29-34)30-23-28-15-20(26)22(31-23)27-13-18-7-5-4-6-8-18/h4-8,14-16,21,35H,9-13,17H2,1-3H3,(H2,27,28,30,31). The van der Waals surface area contributed by atoms with Gasteiger partial charge in [-0.2, -0.15) is 10.1 Å². The lowest BCUT2D eigenvalue weighted by Gasteiger charge is -2.37. The van der Waals surface area contributed by atoms with Crippen molar-refractivity contribution in [3.63, 3.8) is 0 Å². The molecule has 1 aliphatic rings. The van der Waals surface area contributed by atoms with Crippen LogP contribution < -0.4 is 10.6 Å². The molecule has 198 valence electrons. The van der Waals surface area contributed by atoms with Crippen molar-refractivity contribution in [1.82, 2.24) is 29.5 Å². The van der Waals surface area contributed by atoms with Gasteiger partial charge in [-0.1, -0.05) is 41.9 Å². The highest BCUT2D eigenvalue weighted by Gasteiger charge is 2.28. The summed E-state index contributed by atoms with van der Waals surface area (Å²) in [7, 11) is 0. The monoisotopic (exact) mass is 528 g/mol. The van der Waals surface area contributed by atoms with E-state index in [0.717, 1.165) is 5.56 Å². The highest BCUT2D eigenvalue weighted by atomic mass is 35.5. The topological polar surface area (TPSA) is 121 Å². The minimum atomic E-state index is -0.742. The summed E-state index contributed by atoms with van der Waals surface area (Å²) in [5.74, 6) is 0.898. The van der Waals surface area contributed by atoms with Crippen LogP contribution in [0.3, 0.4) is 0 Å². The van der Waals surface area contributed by atoms with Crippen LogP contribution in [0.4, 0.5) is 22.2 Å². The Labute approximate surface area is 221 Å². The van der Waals surface area contributed by atoms with E-state index < -0.39 is 11.8 Å². The molecule has 0 aliphatic carbocycles. The lowest BCUT2D eigenvalue weighted by Crippen LogP contribution is -2.53. The first-order chi connectivity index (χ1) is 17.7. The van der Waals surface area contributed by atoms with E-state index in [1.54, 1.807) is 22.0 Å². The summed E-state index contributed by atoms with van der Waals surface area (Å²) in [5.41, 5.74) is 1.26. The molecule has 0 saturated carbocycles. The number of anilines is 3. The number of amides is 1. The molecular weight excluding hydrogens is 496 g/mol. The zero-order valence-electron chi connectivity index (χ0n) is 21.3. The Bertz CT molecular complexity index is 1180. The Morgan fingerprint density at radius 2 is 1.89 bits per heavy atom. The molecule has 1 atom stereocenters. The van der Waals surface area contributed by atoms with Gasteiger partial charge >= 0.3 is 6.09 Å². The van der Waals surface area contributed by atoms with Crippen LogP contribution in [0.1, 0.15) is 26.3 Å². The maximum Gasteiger partial charge on any atom is 0.410 e. The lowest BCUT2D eigenvalue weighted by atomic mass is 10.2. The van der Waals surface area contributed by atoms with Crippen molar-refractivity contribution in [2.24, 2.45) is 0 Å². The summed E-state index contributed by atoms with van der Waals surface area (Å²) in [6.45, 7) is 8.47. The zero-order valence-corrected chi connectivity index (χ0v) is 22.0. The Hall–Kier alpha value is -3.41. The van der Waals surface area contributed by atoms with Gasteiger partial charge in [0.25, 0.3) is 0 Å². The normalized spacial score (nSPS) is 15.3. The fraction of sp³-hybridized carbons (Fsp3) is 0.440. The highest BCUT2D eigenvalue weighted by Crippen LogP contribution is 2.22. The van der Waals surface area contributed by atoms with E-state index in [4.69, 9.17) is 16.3 Å². The summed E-state index contributed by atoms with van der Waals surface area (Å²) >= 11 is 6.26. The number of aliphatic hydroxyl groups excluding tert-OH is 1. The lowest BCUT2D eigenvalue weighted by molar-refractivity contribution is -0.0425. The van der Waals surface area contributed by atoms with E-state index in [1.165, 1.54) is 6.20 Å². The highest BCUT2D eigenvalue weighted by molar-refractivity contribution is 6.32. The number of aromatic nitrogens is 4. The number of carbonyl (C=O) groups excluding carboxylic acids is 1. The molecule has 4 rings (SSSR count). The Morgan fingerprint density at radius 1 is 1.16 bits per heavy atom. The minimum absolute atomic E-state index is 0.277. The van der Waals surface area contributed by atoms with E-state index >= 15 is 0 Å². The van der Waals surface area contributed by atoms with Crippen LogP contribution in [0, 0.1) is 0 Å². The molecule has 0 radical (unpaired) electrons. The molecule has 12 heteroatoms. The third-order valence-electron chi connectivity index (χ3n) is 5.67. The number of benzene rings is 1. The Kier molecular flexibility index (Phi) is 8.47. The second-order valence-corrected chi connectivity index (χ2v) is 10.2. The number of hydrogen-bond donors (Lipinski definition) is 3. The molecule has 1 aliphatic heterocycles. The molecule has 2 aromatic heterocycles. The molecule has 1 fully saturated rings. The van der Waals surface area contributed by atoms with Crippen LogP contribution in [-0.4, -0.2) is 78.8 Å². The third kappa shape index (κ3) is 7.78. The van der Waals surface area contributed by atoms with Crippen LogP contribution in [-0.2, 0) is 17.8 Å². The molecule has 1 unspecified atom stereocenters. The first kappa shape index (κ1) is 26.6. The molecule has 11 nitrogen and oxygen atoms in total. The van der Waals surface area contributed by atoms with E-state index in [-0.39, 0.29) is 12.6 Å². The van der Waals surface area contributed by atoms with E-state index in [2.05, 4.69) is 25.7 Å². The molecule has 3 N–H and O–H groups in total. The number of ether oxygens (including phenoxy) is 1. The predicted molar refractivity (Wildman–Crippen MR) is 142 cm³/mol. The number of rotatable bonds is 8. The first-order valence-electron chi connectivity index (χ1n) is 12.2. The van der Waals surface area contributed by atoms with Crippen molar-refractivity contribution in [2.45, 2.75) is 45.7 Å². The van der Waals surface area contributed by atoms with Gasteiger partial charge in [0.2, 0.25) is 5.95 Å². The quantitative estimate of drug-likeness (QED) is 0.403.